The van der Waals surface area contributed by atoms with Gasteiger partial charge in [0.2, 0.25) is 0 Å². The van der Waals surface area contributed by atoms with Crippen LogP contribution < -0.4 is 10.1 Å². The van der Waals surface area contributed by atoms with E-state index in [1.165, 1.54) is 17.3 Å². The van der Waals surface area contributed by atoms with Crippen molar-refractivity contribution in [3.05, 3.63) is 70.1 Å². The van der Waals surface area contributed by atoms with Crippen LogP contribution >= 0.6 is 24.0 Å². The molecule has 146 valence electrons. The summed E-state index contributed by atoms with van der Waals surface area (Å²) in [5, 5.41) is 2.61. The van der Waals surface area contributed by atoms with Gasteiger partial charge < -0.3 is 14.8 Å². The molecule has 0 radical (unpaired) electrons. The Morgan fingerprint density at radius 3 is 2.39 bits per heavy atom. The van der Waals surface area contributed by atoms with Gasteiger partial charge in [0.05, 0.1) is 11.0 Å². The summed E-state index contributed by atoms with van der Waals surface area (Å²) in [4.78, 5) is 12.3. The second-order valence-corrected chi connectivity index (χ2v) is 8.02. The summed E-state index contributed by atoms with van der Waals surface area (Å²) >= 11 is 6.28. The van der Waals surface area contributed by atoms with E-state index in [0.717, 1.165) is 23.3 Å². The number of amides is 1. The van der Waals surface area contributed by atoms with Crippen molar-refractivity contribution < 1.29 is 14.3 Å². The Kier molecular flexibility index (Phi) is 7.25. The summed E-state index contributed by atoms with van der Waals surface area (Å²) in [5.74, 6) is 0.638. The fourth-order valence-corrected chi connectivity index (χ4v) is 3.92. The topological polar surface area (TPSA) is 47.6 Å². The number of carbonyl (C=O) groups excluding carboxylic acids is 1. The van der Waals surface area contributed by atoms with Gasteiger partial charge in [-0.05, 0) is 48.2 Å². The molecular weight excluding hydrogens is 390 g/mol. The fraction of sp³-hybridized carbons (Fsp3) is 0.273. The van der Waals surface area contributed by atoms with E-state index in [1.54, 1.807) is 0 Å². The standard InChI is InChI=1S/C22H23NO3S2/c1-3-19(25-4-2)17-9-5-16(6-10-17)14-26-18-11-7-15(8-12-18)13-20-21(24)23-22(27)28-20/h5-13,19H,3-4,14H2,1-2H3,(H,23,24,27)/b20-13-. The molecule has 2 aromatic carbocycles. The summed E-state index contributed by atoms with van der Waals surface area (Å²) in [5.41, 5.74) is 3.23. The van der Waals surface area contributed by atoms with Gasteiger partial charge in [-0.1, -0.05) is 67.3 Å². The van der Waals surface area contributed by atoms with Crippen LogP contribution in [-0.4, -0.2) is 16.8 Å². The predicted molar refractivity (Wildman–Crippen MR) is 118 cm³/mol. The quantitative estimate of drug-likeness (QED) is 0.474. The second-order valence-electron chi connectivity index (χ2n) is 6.30. The first-order valence-electron chi connectivity index (χ1n) is 9.27. The number of benzene rings is 2. The van der Waals surface area contributed by atoms with Crippen LogP contribution in [-0.2, 0) is 16.1 Å². The maximum atomic E-state index is 11.7. The number of hydrogen-bond acceptors (Lipinski definition) is 5. The second kappa shape index (κ2) is 9.87. The van der Waals surface area contributed by atoms with E-state index in [4.69, 9.17) is 21.7 Å². The van der Waals surface area contributed by atoms with E-state index in [1.807, 2.05) is 37.3 Å². The first-order valence-corrected chi connectivity index (χ1v) is 10.5. The molecule has 2 aromatic rings. The molecule has 1 saturated heterocycles. The maximum absolute atomic E-state index is 11.7. The molecule has 3 rings (SSSR count). The maximum Gasteiger partial charge on any atom is 0.263 e. The van der Waals surface area contributed by atoms with Crippen LogP contribution in [0.15, 0.2) is 53.4 Å². The molecule has 6 heteroatoms. The third-order valence-corrected chi connectivity index (χ3v) is 5.48. The summed E-state index contributed by atoms with van der Waals surface area (Å²) in [6, 6.07) is 16.0. The Hall–Kier alpha value is -2.15. The molecular formula is C22H23NO3S2. The van der Waals surface area contributed by atoms with E-state index in [2.05, 4.69) is 36.5 Å². The minimum Gasteiger partial charge on any atom is -0.489 e. The predicted octanol–water partition coefficient (Wildman–Crippen LogP) is 5.24. The average molecular weight is 414 g/mol. The number of nitrogens with one attached hydrogen (secondary N) is 1. The number of thiocarbonyl (C=S) groups is 1. The molecule has 0 spiro atoms. The van der Waals surface area contributed by atoms with Crippen molar-refractivity contribution in [2.24, 2.45) is 0 Å². The zero-order valence-corrected chi connectivity index (χ0v) is 17.6. The lowest BCUT2D eigenvalue weighted by molar-refractivity contribution is -0.115. The largest absolute Gasteiger partial charge is 0.489 e. The third kappa shape index (κ3) is 5.44. The van der Waals surface area contributed by atoms with Crippen molar-refractivity contribution in [2.45, 2.75) is 33.0 Å². The first kappa shape index (κ1) is 20.6. The highest BCUT2D eigenvalue weighted by Crippen LogP contribution is 2.26. The van der Waals surface area contributed by atoms with Gasteiger partial charge >= 0.3 is 0 Å². The molecule has 0 aromatic heterocycles. The molecule has 1 atom stereocenters. The van der Waals surface area contributed by atoms with Gasteiger partial charge in [-0.25, -0.2) is 0 Å². The van der Waals surface area contributed by atoms with Gasteiger partial charge in [0.1, 0.15) is 16.7 Å². The molecule has 0 saturated carbocycles. The van der Waals surface area contributed by atoms with Crippen LogP contribution in [0.4, 0.5) is 0 Å². The zero-order valence-electron chi connectivity index (χ0n) is 15.9. The van der Waals surface area contributed by atoms with Gasteiger partial charge in [0.15, 0.2) is 0 Å². The highest BCUT2D eigenvalue weighted by atomic mass is 32.2. The SMILES string of the molecule is CCOC(CC)c1ccc(COc2ccc(/C=C3\SC(=S)NC3=O)cc2)cc1. The van der Waals surface area contributed by atoms with Gasteiger partial charge in [-0.3, -0.25) is 4.79 Å². The molecule has 1 fully saturated rings. The molecule has 1 aliphatic rings. The molecule has 1 aliphatic heterocycles. The lowest BCUT2D eigenvalue weighted by Gasteiger charge is -2.15. The Balaban J connectivity index is 1.57. The lowest BCUT2D eigenvalue weighted by Crippen LogP contribution is -2.17. The van der Waals surface area contributed by atoms with Crippen LogP contribution in [0.3, 0.4) is 0 Å². The molecule has 1 amide bonds. The molecule has 28 heavy (non-hydrogen) atoms. The number of carbonyl (C=O) groups is 1. The summed E-state index contributed by atoms with van der Waals surface area (Å²) < 4.78 is 12.1. The Labute approximate surface area is 175 Å². The number of ether oxygens (including phenoxy) is 2. The molecule has 1 unspecified atom stereocenters. The van der Waals surface area contributed by atoms with E-state index in [0.29, 0.717) is 22.4 Å². The summed E-state index contributed by atoms with van der Waals surface area (Å²) in [6.45, 7) is 5.36. The van der Waals surface area contributed by atoms with Crippen molar-refractivity contribution in [1.82, 2.24) is 5.32 Å². The highest BCUT2D eigenvalue weighted by Gasteiger charge is 2.21. The van der Waals surface area contributed by atoms with Crippen molar-refractivity contribution in [1.29, 1.82) is 0 Å². The Morgan fingerprint density at radius 2 is 1.82 bits per heavy atom. The van der Waals surface area contributed by atoms with E-state index >= 15 is 0 Å². The van der Waals surface area contributed by atoms with Crippen molar-refractivity contribution >= 4 is 40.3 Å². The highest BCUT2D eigenvalue weighted by molar-refractivity contribution is 8.26. The fourth-order valence-electron chi connectivity index (χ4n) is 2.88. The zero-order chi connectivity index (χ0) is 19.9. The van der Waals surface area contributed by atoms with Gasteiger partial charge in [0.25, 0.3) is 5.91 Å². The third-order valence-electron chi connectivity index (χ3n) is 4.32. The number of hydrogen-bond donors (Lipinski definition) is 1. The number of rotatable bonds is 8. The number of thioether (sulfide) groups is 1. The van der Waals surface area contributed by atoms with E-state index < -0.39 is 0 Å². The van der Waals surface area contributed by atoms with Crippen LogP contribution in [0.5, 0.6) is 5.75 Å². The van der Waals surface area contributed by atoms with Crippen molar-refractivity contribution in [3.63, 3.8) is 0 Å². The van der Waals surface area contributed by atoms with Gasteiger partial charge in [-0.2, -0.15) is 0 Å². The van der Waals surface area contributed by atoms with Crippen LogP contribution in [0.1, 0.15) is 43.1 Å². The van der Waals surface area contributed by atoms with Crippen molar-refractivity contribution in [3.8, 4) is 5.75 Å². The van der Waals surface area contributed by atoms with Crippen molar-refractivity contribution in [2.75, 3.05) is 6.61 Å². The smallest absolute Gasteiger partial charge is 0.263 e. The Morgan fingerprint density at radius 1 is 1.11 bits per heavy atom. The van der Waals surface area contributed by atoms with Gasteiger partial charge in [0, 0.05) is 6.61 Å². The minimum absolute atomic E-state index is 0.145. The molecule has 1 N–H and O–H groups in total. The minimum atomic E-state index is -0.145. The van der Waals surface area contributed by atoms with E-state index in [9.17, 15) is 4.79 Å². The lowest BCUT2D eigenvalue weighted by atomic mass is 10.1. The summed E-state index contributed by atoms with van der Waals surface area (Å²) in [6.07, 6.45) is 2.93. The monoisotopic (exact) mass is 413 g/mol. The normalized spacial score (nSPS) is 16.3. The van der Waals surface area contributed by atoms with Crippen LogP contribution in [0.25, 0.3) is 6.08 Å². The first-order chi connectivity index (χ1) is 13.6. The molecule has 0 aliphatic carbocycles. The van der Waals surface area contributed by atoms with Gasteiger partial charge in [-0.15, -0.1) is 0 Å². The molecule has 1 heterocycles. The average Bonchev–Trinajstić information content (AvgIpc) is 3.03. The summed E-state index contributed by atoms with van der Waals surface area (Å²) in [7, 11) is 0. The molecule has 0 bridgehead atoms. The Bertz CT molecular complexity index is 860. The van der Waals surface area contributed by atoms with Crippen LogP contribution in [0, 0.1) is 0 Å². The van der Waals surface area contributed by atoms with E-state index in [-0.39, 0.29) is 12.0 Å². The van der Waals surface area contributed by atoms with Crippen LogP contribution in [0.2, 0.25) is 0 Å². The molecule has 4 nitrogen and oxygen atoms in total.